The van der Waals surface area contributed by atoms with Crippen LogP contribution in [0.25, 0.3) is 0 Å². The molecule has 6 heteroatoms. The minimum Gasteiger partial charge on any atom is -0.304 e. The van der Waals surface area contributed by atoms with Gasteiger partial charge in [-0.3, -0.25) is 5.10 Å². The van der Waals surface area contributed by atoms with E-state index in [-0.39, 0.29) is 0 Å². The normalized spacial score (nSPS) is 21.3. The second kappa shape index (κ2) is 9.04. The Bertz CT molecular complexity index is 450. The first-order valence-corrected chi connectivity index (χ1v) is 10.2. The summed E-state index contributed by atoms with van der Waals surface area (Å²) in [4.78, 5) is 9.63. The van der Waals surface area contributed by atoms with Crippen LogP contribution in [-0.4, -0.2) is 70.5 Å². The second-order valence-corrected chi connectivity index (χ2v) is 8.16. The lowest BCUT2D eigenvalue weighted by molar-refractivity contribution is 0.154. The summed E-state index contributed by atoms with van der Waals surface area (Å²) in [6, 6.07) is 0. The largest absolute Gasteiger partial charge is 0.304 e. The van der Waals surface area contributed by atoms with E-state index in [1.54, 1.807) is 11.8 Å². The third kappa shape index (κ3) is 5.76. The molecule has 1 N–H and O–H groups in total. The van der Waals surface area contributed by atoms with E-state index in [0.29, 0.717) is 0 Å². The predicted molar refractivity (Wildman–Crippen MR) is 95.9 cm³/mol. The molecule has 3 rings (SSSR count). The molecule has 1 aliphatic heterocycles. The number of aryl methyl sites for hydroxylation is 1. The van der Waals surface area contributed by atoms with Crippen molar-refractivity contribution in [2.24, 2.45) is 5.92 Å². The second-order valence-electron chi connectivity index (χ2n) is 7.10. The van der Waals surface area contributed by atoms with Gasteiger partial charge in [-0.25, -0.2) is 4.98 Å². The molecule has 0 spiro atoms. The number of nitrogens with one attached hydrogen (secondary N) is 1. The fourth-order valence-corrected chi connectivity index (χ4v) is 4.36. The maximum Gasteiger partial charge on any atom is 0.208 e. The highest BCUT2D eigenvalue weighted by Crippen LogP contribution is 2.28. The van der Waals surface area contributed by atoms with Gasteiger partial charge in [0.15, 0.2) is 0 Å². The summed E-state index contributed by atoms with van der Waals surface area (Å²) in [5.41, 5.74) is 0. The number of H-pyrrole nitrogens is 1. The van der Waals surface area contributed by atoms with E-state index < -0.39 is 0 Å². The van der Waals surface area contributed by atoms with Gasteiger partial charge in [-0.15, -0.1) is 5.10 Å². The van der Waals surface area contributed by atoms with E-state index in [1.165, 1.54) is 71.2 Å². The first-order valence-electron chi connectivity index (χ1n) is 9.24. The van der Waals surface area contributed by atoms with Crippen LogP contribution in [-0.2, 0) is 6.42 Å². The Kier molecular flexibility index (Phi) is 6.78. The fraction of sp³-hybridized carbons (Fsp3) is 0.882. The van der Waals surface area contributed by atoms with Gasteiger partial charge in [-0.1, -0.05) is 37.4 Å². The van der Waals surface area contributed by atoms with E-state index in [0.717, 1.165) is 29.1 Å². The third-order valence-corrected chi connectivity index (χ3v) is 6.15. The van der Waals surface area contributed by atoms with Crippen molar-refractivity contribution in [2.45, 2.75) is 50.1 Å². The van der Waals surface area contributed by atoms with E-state index in [1.807, 2.05) is 0 Å². The Hall–Kier alpha value is -0.590. The molecule has 1 saturated heterocycles. The van der Waals surface area contributed by atoms with Crippen LogP contribution in [0.2, 0.25) is 0 Å². The maximum absolute atomic E-state index is 4.64. The van der Waals surface area contributed by atoms with Crippen molar-refractivity contribution < 1.29 is 0 Å². The molecule has 2 aliphatic rings. The molecule has 2 fully saturated rings. The summed E-state index contributed by atoms with van der Waals surface area (Å²) < 4.78 is 0. The van der Waals surface area contributed by atoms with Crippen LogP contribution >= 0.6 is 11.8 Å². The maximum atomic E-state index is 4.64. The van der Waals surface area contributed by atoms with Crippen LogP contribution in [0.1, 0.15) is 44.3 Å². The van der Waals surface area contributed by atoms with Gasteiger partial charge in [0.1, 0.15) is 5.82 Å². The fourth-order valence-electron chi connectivity index (χ4n) is 3.62. The molecule has 1 aromatic rings. The molecule has 0 radical (unpaired) electrons. The Labute approximate surface area is 144 Å². The molecule has 23 heavy (non-hydrogen) atoms. The van der Waals surface area contributed by atoms with Gasteiger partial charge >= 0.3 is 0 Å². The number of nitrogens with zero attached hydrogens (tertiary/aromatic N) is 4. The average molecular weight is 338 g/mol. The zero-order chi connectivity index (χ0) is 15.9. The van der Waals surface area contributed by atoms with E-state index in [2.05, 4.69) is 32.0 Å². The predicted octanol–water partition coefficient (Wildman–Crippen LogP) is 2.66. The smallest absolute Gasteiger partial charge is 0.208 e. The summed E-state index contributed by atoms with van der Waals surface area (Å²) >= 11 is 1.80. The standard InChI is InChI=1S/C17H31N5S/c1-21-10-12-22(13-11-21)9-4-14-23-17-18-16(19-20-17)8-7-15-5-2-3-6-15/h15H,2-14H2,1H3,(H,18,19,20). The first kappa shape index (κ1) is 17.2. The highest BCUT2D eigenvalue weighted by molar-refractivity contribution is 7.99. The van der Waals surface area contributed by atoms with Gasteiger partial charge in [-0.05, 0) is 32.4 Å². The minimum absolute atomic E-state index is 0.930. The molecule has 0 atom stereocenters. The number of hydrogen-bond donors (Lipinski definition) is 1. The molecule has 1 saturated carbocycles. The summed E-state index contributed by atoms with van der Waals surface area (Å²) in [6.07, 6.45) is 9.26. The number of rotatable bonds is 8. The van der Waals surface area contributed by atoms with Gasteiger partial charge in [0.05, 0.1) is 0 Å². The Morgan fingerprint density at radius 1 is 1.17 bits per heavy atom. The number of hydrogen-bond acceptors (Lipinski definition) is 5. The van der Waals surface area contributed by atoms with Crippen LogP contribution in [0.5, 0.6) is 0 Å². The summed E-state index contributed by atoms with van der Waals surface area (Å²) in [5.74, 6) is 3.13. The Balaban J connectivity index is 1.28. The third-order valence-electron chi connectivity index (χ3n) is 5.22. The van der Waals surface area contributed by atoms with E-state index in [4.69, 9.17) is 0 Å². The summed E-state index contributed by atoms with van der Waals surface area (Å²) in [5, 5.41) is 8.42. The van der Waals surface area contributed by atoms with Crippen molar-refractivity contribution in [3.63, 3.8) is 0 Å². The quantitative estimate of drug-likeness (QED) is 0.584. The Morgan fingerprint density at radius 3 is 2.74 bits per heavy atom. The minimum atomic E-state index is 0.930. The number of likely N-dealkylation sites (N-methyl/N-ethyl adjacent to an activating group) is 1. The topological polar surface area (TPSA) is 48.0 Å². The van der Waals surface area contributed by atoms with Crippen molar-refractivity contribution >= 4 is 11.8 Å². The van der Waals surface area contributed by atoms with E-state index in [9.17, 15) is 0 Å². The zero-order valence-electron chi connectivity index (χ0n) is 14.5. The van der Waals surface area contributed by atoms with E-state index >= 15 is 0 Å². The van der Waals surface area contributed by atoms with Crippen LogP contribution in [0.4, 0.5) is 0 Å². The van der Waals surface area contributed by atoms with Crippen LogP contribution in [0.3, 0.4) is 0 Å². The van der Waals surface area contributed by atoms with Gasteiger partial charge < -0.3 is 9.80 Å². The van der Waals surface area contributed by atoms with Crippen molar-refractivity contribution in [3.8, 4) is 0 Å². The molecule has 0 aromatic carbocycles. The lowest BCUT2D eigenvalue weighted by Crippen LogP contribution is -2.44. The molecule has 0 unspecified atom stereocenters. The zero-order valence-corrected chi connectivity index (χ0v) is 15.3. The molecule has 130 valence electrons. The lowest BCUT2D eigenvalue weighted by Gasteiger charge is -2.32. The molecule has 0 bridgehead atoms. The molecule has 1 aliphatic carbocycles. The van der Waals surface area contributed by atoms with Crippen molar-refractivity contribution in [2.75, 3.05) is 45.5 Å². The highest BCUT2D eigenvalue weighted by atomic mass is 32.2. The molecular weight excluding hydrogens is 306 g/mol. The molecule has 2 heterocycles. The average Bonchev–Trinajstić information content (AvgIpc) is 3.23. The SMILES string of the molecule is CN1CCN(CCCSc2n[nH]c(CCC3CCCC3)n2)CC1. The van der Waals surface area contributed by atoms with Crippen LogP contribution in [0, 0.1) is 5.92 Å². The van der Waals surface area contributed by atoms with Crippen LogP contribution < -0.4 is 0 Å². The number of thioether (sulfide) groups is 1. The Morgan fingerprint density at radius 2 is 1.96 bits per heavy atom. The number of aromatic amines is 1. The van der Waals surface area contributed by atoms with Gasteiger partial charge in [0, 0.05) is 38.4 Å². The molecular formula is C17H31N5S. The highest BCUT2D eigenvalue weighted by Gasteiger charge is 2.16. The van der Waals surface area contributed by atoms with Crippen molar-refractivity contribution in [1.29, 1.82) is 0 Å². The lowest BCUT2D eigenvalue weighted by atomic mass is 10.0. The summed E-state index contributed by atoms with van der Waals surface area (Å²) in [6.45, 7) is 6.05. The molecule has 5 nitrogen and oxygen atoms in total. The van der Waals surface area contributed by atoms with Crippen molar-refractivity contribution in [3.05, 3.63) is 5.82 Å². The van der Waals surface area contributed by atoms with Gasteiger partial charge in [0.25, 0.3) is 0 Å². The van der Waals surface area contributed by atoms with Gasteiger partial charge in [-0.2, -0.15) is 0 Å². The monoisotopic (exact) mass is 337 g/mol. The summed E-state index contributed by atoms with van der Waals surface area (Å²) in [7, 11) is 2.21. The van der Waals surface area contributed by atoms with Gasteiger partial charge in [0.2, 0.25) is 5.16 Å². The number of piperazine rings is 1. The van der Waals surface area contributed by atoms with Crippen molar-refractivity contribution in [1.82, 2.24) is 25.0 Å². The number of aromatic nitrogens is 3. The first-order chi connectivity index (χ1) is 11.3. The molecule has 1 aromatic heterocycles. The van der Waals surface area contributed by atoms with Crippen LogP contribution in [0.15, 0.2) is 5.16 Å². The molecule has 0 amide bonds.